The van der Waals surface area contributed by atoms with E-state index in [0.29, 0.717) is 12.3 Å². The van der Waals surface area contributed by atoms with Crippen LogP contribution in [-0.4, -0.2) is 47.7 Å². The third-order valence-corrected chi connectivity index (χ3v) is 5.20. The van der Waals surface area contributed by atoms with Gasteiger partial charge >= 0.3 is 0 Å². The maximum atomic E-state index is 12.4. The van der Waals surface area contributed by atoms with E-state index in [9.17, 15) is 4.79 Å². The molecule has 146 valence electrons. The number of carbonyl (C=O) groups is 1. The number of para-hydroxylation sites is 1. The fourth-order valence-electron chi connectivity index (χ4n) is 3.72. The molecule has 0 radical (unpaired) electrons. The minimum Gasteiger partial charge on any atom is -0.454 e. The molecule has 1 saturated heterocycles. The van der Waals surface area contributed by atoms with Crippen LogP contribution in [-0.2, 0) is 4.79 Å². The Labute approximate surface area is 166 Å². The second-order valence-corrected chi connectivity index (χ2v) is 7.97. The van der Waals surface area contributed by atoms with Crippen LogP contribution in [0.25, 0.3) is 0 Å². The zero-order chi connectivity index (χ0) is 19.7. The maximum absolute atomic E-state index is 12.4. The maximum Gasteiger partial charge on any atom is 0.222 e. The highest BCUT2D eigenvalue weighted by Crippen LogP contribution is 2.38. The zero-order valence-electron chi connectivity index (χ0n) is 16.8. The zero-order valence-corrected chi connectivity index (χ0v) is 16.8. The SMILES string of the molecule is Cc1ccc2c(c1)Oc1ccccc1C(N1CCN(C(=O)CC(C)C)CC1)=N2. The molecule has 4 rings (SSSR count). The Hall–Kier alpha value is -2.82. The van der Waals surface area contributed by atoms with Crippen molar-refractivity contribution in [1.82, 2.24) is 9.80 Å². The molecule has 2 aliphatic rings. The van der Waals surface area contributed by atoms with Crippen molar-refractivity contribution in [3.63, 3.8) is 0 Å². The van der Waals surface area contributed by atoms with Gasteiger partial charge in [0.2, 0.25) is 5.91 Å². The van der Waals surface area contributed by atoms with Crippen LogP contribution >= 0.6 is 0 Å². The average molecular weight is 377 g/mol. The topological polar surface area (TPSA) is 45.1 Å². The van der Waals surface area contributed by atoms with Gasteiger partial charge in [0.15, 0.2) is 5.75 Å². The van der Waals surface area contributed by atoms with Gasteiger partial charge in [0, 0.05) is 32.6 Å². The van der Waals surface area contributed by atoms with Crippen molar-refractivity contribution in [3.05, 3.63) is 53.6 Å². The summed E-state index contributed by atoms with van der Waals surface area (Å²) in [6, 6.07) is 14.1. The van der Waals surface area contributed by atoms with Gasteiger partial charge in [-0.1, -0.05) is 32.0 Å². The highest BCUT2D eigenvalue weighted by Gasteiger charge is 2.27. The van der Waals surface area contributed by atoms with Gasteiger partial charge in [0.1, 0.15) is 17.3 Å². The summed E-state index contributed by atoms with van der Waals surface area (Å²) in [4.78, 5) is 21.6. The van der Waals surface area contributed by atoms with Crippen molar-refractivity contribution in [1.29, 1.82) is 0 Å². The summed E-state index contributed by atoms with van der Waals surface area (Å²) < 4.78 is 6.20. The van der Waals surface area contributed by atoms with Crippen molar-refractivity contribution in [3.8, 4) is 11.5 Å². The van der Waals surface area contributed by atoms with Crippen LogP contribution in [0.3, 0.4) is 0 Å². The number of aryl methyl sites for hydroxylation is 1. The van der Waals surface area contributed by atoms with E-state index in [0.717, 1.165) is 60.3 Å². The van der Waals surface area contributed by atoms with Gasteiger partial charge in [-0.2, -0.15) is 0 Å². The third-order valence-electron chi connectivity index (χ3n) is 5.20. The molecule has 0 aromatic heterocycles. The first-order valence-corrected chi connectivity index (χ1v) is 10.0. The number of piperazine rings is 1. The molecule has 5 nitrogen and oxygen atoms in total. The lowest BCUT2D eigenvalue weighted by Crippen LogP contribution is -2.51. The number of amides is 1. The second-order valence-electron chi connectivity index (χ2n) is 7.97. The van der Waals surface area contributed by atoms with E-state index in [1.165, 1.54) is 0 Å². The molecule has 0 bridgehead atoms. The lowest BCUT2D eigenvalue weighted by atomic mass is 10.1. The van der Waals surface area contributed by atoms with Gasteiger partial charge in [-0.15, -0.1) is 0 Å². The number of fused-ring (bicyclic) bond motifs is 2. The highest BCUT2D eigenvalue weighted by atomic mass is 16.5. The first-order chi connectivity index (χ1) is 13.5. The van der Waals surface area contributed by atoms with E-state index in [1.807, 2.05) is 35.2 Å². The van der Waals surface area contributed by atoms with Gasteiger partial charge in [-0.25, -0.2) is 4.99 Å². The molecular weight excluding hydrogens is 350 g/mol. The molecule has 2 heterocycles. The van der Waals surface area contributed by atoms with Crippen LogP contribution in [0.5, 0.6) is 11.5 Å². The summed E-state index contributed by atoms with van der Waals surface area (Å²) in [6.07, 6.45) is 0.615. The normalized spacial score (nSPS) is 16.1. The summed E-state index contributed by atoms with van der Waals surface area (Å²) in [5.41, 5.74) is 2.99. The fraction of sp³-hybridized carbons (Fsp3) is 0.391. The number of amidine groups is 1. The van der Waals surface area contributed by atoms with Gasteiger partial charge in [-0.05, 0) is 42.7 Å². The van der Waals surface area contributed by atoms with Gasteiger partial charge in [0.25, 0.3) is 0 Å². The van der Waals surface area contributed by atoms with Gasteiger partial charge < -0.3 is 14.5 Å². The molecule has 0 N–H and O–H groups in total. The van der Waals surface area contributed by atoms with Crippen LogP contribution in [0.4, 0.5) is 5.69 Å². The quantitative estimate of drug-likeness (QED) is 0.781. The Morgan fingerprint density at radius 1 is 1.07 bits per heavy atom. The van der Waals surface area contributed by atoms with Crippen molar-refractivity contribution in [2.75, 3.05) is 26.2 Å². The molecule has 5 heteroatoms. The molecule has 28 heavy (non-hydrogen) atoms. The smallest absolute Gasteiger partial charge is 0.222 e. The van der Waals surface area contributed by atoms with Crippen LogP contribution in [0, 0.1) is 12.8 Å². The Balaban J connectivity index is 1.61. The van der Waals surface area contributed by atoms with Crippen molar-refractivity contribution >= 4 is 17.4 Å². The molecule has 0 spiro atoms. The molecule has 0 atom stereocenters. The minimum absolute atomic E-state index is 0.252. The third kappa shape index (κ3) is 3.75. The number of ether oxygens (including phenoxy) is 1. The number of benzene rings is 2. The van der Waals surface area contributed by atoms with E-state index in [-0.39, 0.29) is 5.91 Å². The Morgan fingerprint density at radius 3 is 2.57 bits per heavy atom. The van der Waals surface area contributed by atoms with E-state index < -0.39 is 0 Å². The minimum atomic E-state index is 0.252. The summed E-state index contributed by atoms with van der Waals surface area (Å²) in [7, 11) is 0. The summed E-state index contributed by atoms with van der Waals surface area (Å²) in [6.45, 7) is 9.24. The van der Waals surface area contributed by atoms with Crippen LogP contribution in [0.15, 0.2) is 47.5 Å². The number of nitrogens with zero attached hydrogens (tertiary/aromatic N) is 3. The second kappa shape index (κ2) is 7.66. The van der Waals surface area contributed by atoms with Crippen molar-refractivity contribution < 1.29 is 9.53 Å². The fourth-order valence-corrected chi connectivity index (χ4v) is 3.72. The summed E-state index contributed by atoms with van der Waals surface area (Å²) >= 11 is 0. The number of hydrogen-bond donors (Lipinski definition) is 0. The Bertz CT molecular complexity index is 912. The number of aliphatic imine (C=N–C) groups is 1. The van der Waals surface area contributed by atoms with Gasteiger partial charge in [0.05, 0.1) is 5.56 Å². The van der Waals surface area contributed by atoms with Crippen LogP contribution in [0.1, 0.15) is 31.4 Å². The van der Waals surface area contributed by atoms with Crippen molar-refractivity contribution in [2.24, 2.45) is 10.9 Å². The molecule has 1 fully saturated rings. The molecule has 0 aliphatic carbocycles. The molecular formula is C23H27N3O2. The van der Waals surface area contributed by atoms with E-state index >= 15 is 0 Å². The summed E-state index contributed by atoms with van der Waals surface area (Å²) in [5, 5.41) is 0. The predicted octanol–water partition coefficient (Wildman–Crippen LogP) is 4.37. The predicted molar refractivity (Wildman–Crippen MR) is 112 cm³/mol. The first-order valence-electron chi connectivity index (χ1n) is 10.0. The molecule has 2 aromatic rings. The molecule has 2 aliphatic heterocycles. The number of carbonyl (C=O) groups excluding carboxylic acids is 1. The van der Waals surface area contributed by atoms with E-state index in [4.69, 9.17) is 9.73 Å². The molecule has 2 aromatic carbocycles. The molecule has 0 saturated carbocycles. The van der Waals surface area contributed by atoms with E-state index in [2.05, 4.69) is 37.8 Å². The van der Waals surface area contributed by atoms with Crippen molar-refractivity contribution in [2.45, 2.75) is 27.2 Å². The van der Waals surface area contributed by atoms with Crippen LogP contribution in [0.2, 0.25) is 0 Å². The highest BCUT2D eigenvalue weighted by molar-refractivity contribution is 6.03. The molecule has 1 amide bonds. The largest absolute Gasteiger partial charge is 0.454 e. The number of rotatable bonds is 2. The standard InChI is InChI=1S/C23H27N3O2/c1-16(2)14-22(27)25-10-12-26(13-11-25)23-18-6-4-5-7-20(18)28-21-15-17(3)8-9-19(21)24-23/h4-9,15-16H,10-14H2,1-3H3. The lowest BCUT2D eigenvalue weighted by molar-refractivity contribution is -0.133. The lowest BCUT2D eigenvalue weighted by Gasteiger charge is -2.36. The first kappa shape index (κ1) is 18.5. The average Bonchev–Trinajstić information content (AvgIpc) is 2.84. The monoisotopic (exact) mass is 377 g/mol. The van der Waals surface area contributed by atoms with E-state index in [1.54, 1.807) is 0 Å². The Morgan fingerprint density at radius 2 is 1.82 bits per heavy atom. The molecule has 0 unspecified atom stereocenters. The Kier molecular flexibility index (Phi) is 5.07. The van der Waals surface area contributed by atoms with Gasteiger partial charge in [-0.3, -0.25) is 4.79 Å². The summed E-state index contributed by atoms with van der Waals surface area (Å²) in [5.74, 6) is 3.18. The number of hydrogen-bond acceptors (Lipinski definition) is 4. The van der Waals surface area contributed by atoms with Crippen LogP contribution < -0.4 is 4.74 Å².